The molecule has 3 aromatic rings. The number of hydrogen-bond donors (Lipinski definition) is 1. The molecule has 0 radical (unpaired) electrons. The first-order valence-electron chi connectivity index (χ1n) is 11.0. The van der Waals surface area contributed by atoms with Gasteiger partial charge in [0.05, 0.1) is 13.2 Å². The zero-order valence-corrected chi connectivity index (χ0v) is 18.4. The Morgan fingerprint density at radius 2 is 1.85 bits per heavy atom. The van der Waals surface area contributed by atoms with Gasteiger partial charge in [0.25, 0.3) is 11.8 Å². The second-order valence-electron chi connectivity index (χ2n) is 8.05. The molecule has 33 heavy (non-hydrogen) atoms. The van der Waals surface area contributed by atoms with Crippen LogP contribution in [0.5, 0.6) is 0 Å². The molecule has 4 rings (SSSR count). The van der Waals surface area contributed by atoms with Crippen LogP contribution in [0.3, 0.4) is 0 Å². The van der Waals surface area contributed by atoms with Crippen molar-refractivity contribution < 1.29 is 14.3 Å². The van der Waals surface area contributed by atoms with Crippen LogP contribution in [0.25, 0.3) is 11.1 Å². The highest BCUT2D eigenvalue weighted by Crippen LogP contribution is 2.27. The van der Waals surface area contributed by atoms with Gasteiger partial charge >= 0.3 is 0 Å². The van der Waals surface area contributed by atoms with Crippen molar-refractivity contribution in [2.45, 2.75) is 12.0 Å². The highest BCUT2D eigenvalue weighted by Gasteiger charge is 2.45. The number of carbonyl (C=O) groups excluding carboxylic acids is 2. The Morgan fingerprint density at radius 1 is 1.06 bits per heavy atom. The van der Waals surface area contributed by atoms with Crippen LogP contribution in [0.4, 0.5) is 0 Å². The highest BCUT2D eigenvalue weighted by molar-refractivity contribution is 5.95. The van der Waals surface area contributed by atoms with Crippen molar-refractivity contribution in [3.8, 4) is 11.1 Å². The molecular formula is C27H27N3O3. The monoisotopic (exact) mass is 441 g/mol. The maximum atomic E-state index is 13.2. The molecule has 1 N–H and O–H groups in total. The molecule has 1 fully saturated rings. The van der Waals surface area contributed by atoms with Gasteiger partial charge in [-0.15, -0.1) is 6.58 Å². The smallest absolute Gasteiger partial charge is 0.254 e. The van der Waals surface area contributed by atoms with Gasteiger partial charge in [0, 0.05) is 37.5 Å². The van der Waals surface area contributed by atoms with Crippen LogP contribution in [-0.2, 0) is 16.0 Å². The zero-order valence-electron chi connectivity index (χ0n) is 18.4. The molecule has 0 unspecified atom stereocenters. The lowest BCUT2D eigenvalue weighted by Crippen LogP contribution is -2.62. The van der Waals surface area contributed by atoms with E-state index in [0.717, 1.165) is 16.7 Å². The summed E-state index contributed by atoms with van der Waals surface area (Å²) < 4.78 is 6.11. The summed E-state index contributed by atoms with van der Waals surface area (Å²) in [5.74, 6) is -0.351. The third-order valence-electron chi connectivity index (χ3n) is 5.75. The van der Waals surface area contributed by atoms with Gasteiger partial charge in [0.2, 0.25) is 0 Å². The maximum Gasteiger partial charge on any atom is 0.254 e. The quantitative estimate of drug-likeness (QED) is 0.570. The van der Waals surface area contributed by atoms with E-state index in [1.54, 1.807) is 29.3 Å². The van der Waals surface area contributed by atoms with Crippen molar-refractivity contribution >= 4 is 11.8 Å². The number of morpholine rings is 1. The number of nitrogens with zero attached hydrogens (tertiary/aromatic N) is 2. The van der Waals surface area contributed by atoms with Gasteiger partial charge in [0.15, 0.2) is 5.60 Å². The van der Waals surface area contributed by atoms with E-state index in [2.05, 4.69) is 16.9 Å². The van der Waals surface area contributed by atoms with E-state index in [-0.39, 0.29) is 25.0 Å². The van der Waals surface area contributed by atoms with Gasteiger partial charge in [-0.05, 0) is 34.9 Å². The molecule has 1 aliphatic rings. The number of hydrogen-bond acceptors (Lipinski definition) is 4. The lowest BCUT2D eigenvalue weighted by molar-refractivity contribution is -0.157. The van der Waals surface area contributed by atoms with E-state index < -0.39 is 5.60 Å². The summed E-state index contributed by atoms with van der Waals surface area (Å²) in [6.07, 6.45) is 5.54. The summed E-state index contributed by atoms with van der Waals surface area (Å²) in [4.78, 5) is 32.2. The highest BCUT2D eigenvalue weighted by atomic mass is 16.5. The van der Waals surface area contributed by atoms with Crippen LogP contribution in [0.15, 0.2) is 91.8 Å². The van der Waals surface area contributed by atoms with Crippen molar-refractivity contribution in [3.05, 3.63) is 103 Å². The third kappa shape index (κ3) is 5.18. The Kier molecular flexibility index (Phi) is 6.95. The van der Waals surface area contributed by atoms with Crippen LogP contribution in [0.2, 0.25) is 0 Å². The summed E-state index contributed by atoms with van der Waals surface area (Å²) in [6.45, 7) is 4.91. The zero-order chi connectivity index (χ0) is 23.1. The summed E-state index contributed by atoms with van der Waals surface area (Å²) >= 11 is 0. The molecule has 6 heteroatoms. The Balaban J connectivity index is 1.58. The Hall–Kier alpha value is -3.77. The largest absolute Gasteiger partial charge is 0.361 e. The van der Waals surface area contributed by atoms with Gasteiger partial charge < -0.3 is 15.0 Å². The SMILES string of the molecule is C=CCNC(=O)[C@]1(Cc2ccc(-c3cccnc3)cc2)CN(C(=O)c2ccccc2)CCO1. The number of aromatic nitrogens is 1. The Bertz CT molecular complexity index is 1100. The van der Waals surface area contributed by atoms with E-state index in [1.807, 2.05) is 60.8 Å². The normalized spacial score (nSPS) is 17.9. The number of nitrogens with one attached hydrogen (secondary N) is 1. The second-order valence-corrected chi connectivity index (χ2v) is 8.05. The predicted octanol–water partition coefficient (Wildman–Crippen LogP) is 3.50. The number of ether oxygens (including phenoxy) is 1. The minimum Gasteiger partial charge on any atom is -0.361 e. The summed E-state index contributed by atoms with van der Waals surface area (Å²) in [7, 11) is 0. The number of carbonyl (C=O) groups is 2. The average molecular weight is 442 g/mol. The molecular weight excluding hydrogens is 414 g/mol. The maximum absolute atomic E-state index is 13.2. The lowest BCUT2D eigenvalue weighted by Gasteiger charge is -2.41. The molecule has 0 bridgehead atoms. The van der Waals surface area contributed by atoms with Crippen molar-refractivity contribution in [2.75, 3.05) is 26.2 Å². The molecule has 168 valence electrons. The molecule has 2 heterocycles. The Morgan fingerprint density at radius 3 is 2.55 bits per heavy atom. The van der Waals surface area contributed by atoms with Gasteiger partial charge in [-0.2, -0.15) is 0 Å². The average Bonchev–Trinajstić information content (AvgIpc) is 2.88. The van der Waals surface area contributed by atoms with Crippen LogP contribution in [0, 0.1) is 0 Å². The Labute approximate surface area is 193 Å². The van der Waals surface area contributed by atoms with Crippen molar-refractivity contribution in [3.63, 3.8) is 0 Å². The van der Waals surface area contributed by atoms with E-state index in [9.17, 15) is 9.59 Å². The van der Waals surface area contributed by atoms with Crippen LogP contribution >= 0.6 is 0 Å². The van der Waals surface area contributed by atoms with E-state index in [4.69, 9.17) is 4.74 Å². The minimum atomic E-state index is -1.18. The standard InChI is InChI=1S/C27H27N3O3/c1-2-14-29-26(32)27(18-21-10-12-22(13-11-21)24-9-6-15-28-19-24)20-30(16-17-33-27)25(31)23-7-4-3-5-8-23/h2-13,15,19H,1,14,16-18,20H2,(H,29,32)/t27-/m0/s1. The fourth-order valence-electron chi connectivity index (χ4n) is 4.05. The van der Waals surface area contributed by atoms with E-state index in [1.165, 1.54) is 0 Å². The molecule has 1 aromatic heterocycles. The number of rotatable bonds is 7. The molecule has 6 nitrogen and oxygen atoms in total. The topological polar surface area (TPSA) is 71.5 Å². The molecule has 1 atom stereocenters. The summed E-state index contributed by atoms with van der Waals surface area (Å²) in [5, 5.41) is 2.87. The molecule has 1 aliphatic heterocycles. The number of benzene rings is 2. The molecule has 2 aromatic carbocycles. The fourth-order valence-corrected chi connectivity index (χ4v) is 4.05. The van der Waals surface area contributed by atoms with Crippen LogP contribution < -0.4 is 5.32 Å². The molecule has 0 saturated carbocycles. The first kappa shape index (κ1) is 22.4. The first-order chi connectivity index (χ1) is 16.1. The predicted molar refractivity (Wildman–Crippen MR) is 128 cm³/mol. The first-order valence-corrected chi connectivity index (χ1v) is 11.0. The van der Waals surface area contributed by atoms with Gasteiger partial charge in [-0.3, -0.25) is 14.6 Å². The van der Waals surface area contributed by atoms with Crippen LogP contribution in [-0.4, -0.2) is 53.5 Å². The fraction of sp³-hybridized carbons (Fsp3) is 0.222. The van der Waals surface area contributed by atoms with Crippen molar-refractivity contribution in [1.82, 2.24) is 15.2 Å². The van der Waals surface area contributed by atoms with Gasteiger partial charge in [-0.25, -0.2) is 0 Å². The van der Waals surface area contributed by atoms with Gasteiger partial charge in [-0.1, -0.05) is 54.6 Å². The molecule has 0 spiro atoms. The minimum absolute atomic E-state index is 0.105. The van der Waals surface area contributed by atoms with Crippen molar-refractivity contribution in [1.29, 1.82) is 0 Å². The second kappa shape index (κ2) is 10.2. The number of pyridine rings is 1. The van der Waals surface area contributed by atoms with E-state index >= 15 is 0 Å². The van der Waals surface area contributed by atoms with Crippen molar-refractivity contribution in [2.24, 2.45) is 0 Å². The summed E-state index contributed by atoms with van der Waals surface area (Å²) in [6, 6.07) is 21.0. The summed E-state index contributed by atoms with van der Waals surface area (Å²) in [5.41, 5.74) is 2.44. The van der Waals surface area contributed by atoms with Gasteiger partial charge in [0.1, 0.15) is 0 Å². The number of amides is 2. The molecule has 1 saturated heterocycles. The van der Waals surface area contributed by atoms with E-state index in [0.29, 0.717) is 25.1 Å². The van der Waals surface area contributed by atoms with Crippen LogP contribution in [0.1, 0.15) is 15.9 Å². The third-order valence-corrected chi connectivity index (χ3v) is 5.75. The lowest BCUT2D eigenvalue weighted by atomic mass is 9.90. The molecule has 0 aliphatic carbocycles. The molecule has 2 amide bonds.